The zero-order valence-corrected chi connectivity index (χ0v) is 9.16. The van der Waals surface area contributed by atoms with Crippen molar-refractivity contribution >= 4 is 11.6 Å². The molecule has 94 valence electrons. The van der Waals surface area contributed by atoms with Crippen molar-refractivity contribution in [3.05, 3.63) is 17.7 Å². The van der Waals surface area contributed by atoms with Gasteiger partial charge in [0.25, 0.3) is 0 Å². The molecule has 2 rings (SSSR count). The summed E-state index contributed by atoms with van der Waals surface area (Å²) in [6.45, 7) is 1.15. The van der Waals surface area contributed by atoms with Crippen molar-refractivity contribution in [2.45, 2.75) is 6.42 Å². The highest BCUT2D eigenvalue weighted by atomic mass is 19.1. The highest BCUT2D eigenvalue weighted by molar-refractivity contribution is 5.49. The van der Waals surface area contributed by atoms with Crippen molar-refractivity contribution in [2.24, 2.45) is 11.8 Å². The van der Waals surface area contributed by atoms with Gasteiger partial charge in [-0.3, -0.25) is 0 Å². The predicted molar refractivity (Wildman–Crippen MR) is 59.4 cm³/mol. The minimum atomic E-state index is -0.827. The second-order valence-electron chi connectivity index (χ2n) is 4.05. The molecule has 5 nitrogen and oxygen atoms in total. The van der Waals surface area contributed by atoms with Crippen LogP contribution in [0.3, 0.4) is 0 Å². The average molecular weight is 244 g/mol. The summed E-state index contributed by atoms with van der Waals surface area (Å²) in [5.41, 5.74) is 2.08. The number of anilines is 2. The molecule has 0 radical (unpaired) electrons. The Balaban J connectivity index is 2.26. The lowest BCUT2D eigenvalue weighted by atomic mass is 10.1. The minimum Gasteiger partial charge on any atom is -0.396 e. The quantitative estimate of drug-likeness (QED) is 0.532. The number of nitrogen functional groups attached to an aromatic ring is 1. The van der Waals surface area contributed by atoms with Crippen LogP contribution in [-0.4, -0.2) is 29.8 Å². The zero-order valence-electron chi connectivity index (χ0n) is 9.16. The third-order valence-corrected chi connectivity index (χ3v) is 2.89. The first kappa shape index (κ1) is 12.0. The third kappa shape index (κ3) is 2.29. The molecular weight excluding hydrogens is 230 g/mol. The van der Waals surface area contributed by atoms with Crippen LogP contribution < -0.4 is 16.2 Å². The van der Waals surface area contributed by atoms with Crippen LogP contribution in [0.25, 0.3) is 0 Å². The fourth-order valence-electron chi connectivity index (χ4n) is 1.95. The van der Waals surface area contributed by atoms with Gasteiger partial charge in [-0.2, -0.15) is 0 Å². The summed E-state index contributed by atoms with van der Waals surface area (Å²) in [6.07, 6.45) is 0.764. The number of pyridine rings is 1. The molecule has 0 amide bonds. The summed E-state index contributed by atoms with van der Waals surface area (Å²) in [7, 11) is 0. The van der Waals surface area contributed by atoms with E-state index in [0.29, 0.717) is 13.1 Å². The van der Waals surface area contributed by atoms with E-state index in [1.54, 1.807) is 4.90 Å². The van der Waals surface area contributed by atoms with E-state index in [1.807, 2.05) is 0 Å². The first-order valence-electron chi connectivity index (χ1n) is 5.34. The standard InChI is InChI=1S/C10H14F2N4O/c11-7-3-8(12)10(14-9(7)15-13)16-2-1-6(4-16)5-17/h3,6,17H,1-2,4-5,13H2,(H,14,15). The molecule has 4 N–H and O–H groups in total. The molecule has 1 atom stereocenters. The highest BCUT2D eigenvalue weighted by Gasteiger charge is 2.26. The molecule has 0 saturated carbocycles. The van der Waals surface area contributed by atoms with Crippen molar-refractivity contribution in [1.29, 1.82) is 0 Å². The molecule has 0 aliphatic carbocycles. The molecule has 0 bridgehead atoms. The zero-order chi connectivity index (χ0) is 12.4. The molecule has 1 saturated heterocycles. The van der Waals surface area contributed by atoms with E-state index in [0.717, 1.165) is 12.5 Å². The summed E-state index contributed by atoms with van der Waals surface area (Å²) in [4.78, 5) is 5.48. The summed E-state index contributed by atoms with van der Waals surface area (Å²) in [5.74, 6) is 3.52. The van der Waals surface area contributed by atoms with Gasteiger partial charge in [0.15, 0.2) is 23.3 Å². The number of rotatable bonds is 3. The van der Waals surface area contributed by atoms with E-state index in [2.05, 4.69) is 10.4 Å². The van der Waals surface area contributed by atoms with Crippen LogP contribution in [0.2, 0.25) is 0 Å². The molecular formula is C10H14F2N4O. The maximum atomic E-state index is 13.6. The Hall–Kier alpha value is -1.47. The first-order valence-corrected chi connectivity index (χ1v) is 5.34. The number of nitrogens with one attached hydrogen (secondary N) is 1. The Morgan fingerprint density at radius 3 is 2.88 bits per heavy atom. The highest BCUT2D eigenvalue weighted by Crippen LogP contribution is 2.26. The molecule has 7 heteroatoms. The summed E-state index contributed by atoms with van der Waals surface area (Å²) in [5, 5.41) is 9.01. The predicted octanol–water partition coefficient (Wildman–Crippen LogP) is 0.464. The SMILES string of the molecule is NNc1nc(N2CCC(CO)C2)c(F)cc1F. The molecule has 1 fully saturated rings. The lowest BCUT2D eigenvalue weighted by molar-refractivity contribution is 0.238. The van der Waals surface area contributed by atoms with E-state index >= 15 is 0 Å². The molecule has 1 aromatic rings. The average Bonchev–Trinajstić information content (AvgIpc) is 2.78. The molecule has 17 heavy (non-hydrogen) atoms. The van der Waals surface area contributed by atoms with Crippen molar-refractivity contribution in [1.82, 2.24) is 4.98 Å². The Kier molecular flexibility index (Phi) is 3.39. The van der Waals surface area contributed by atoms with E-state index in [4.69, 9.17) is 10.9 Å². The van der Waals surface area contributed by atoms with Crippen LogP contribution in [0, 0.1) is 17.6 Å². The second-order valence-corrected chi connectivity index (χ2v) is 4.05. The maximum Gasteiger partial charge on any atom is 0.178 e. The van der Waals surface area contributed by atoms with E-state index < -0.39 is 11.6 Å². The smallest absolute Gasteiger partial charge is 0.178 e. The second kappa shape index (κ2) is 4.80. The van der Waals surface area contributed by atoms with Gasteiger partial charge < -0.3 is 15.4 Å². The number of nitrogens with zero attached hydrogens (tertiary/aromatic N) is 2. The van der Waals surface area contributed by atoms with Crippen LogP contribution in [-0.2, 0) is 0 Å². The number of hydrazine groups is 1. The van der Waals surface area contributed by atoms with Crippen molar-refractivity contribution < 1.29 is 13.9 Å². The van der Waals surface area contributed by atoms with Gasteiger partial charge in [-0.15, -0.1) is 0 Å². The fraction of sp³-hybridized carbons (Fsp3) is 0.500. The van der Waals surface area contributed by atoms with Crippen LogP contribution in [0.5, 0.6) is 0 Å². The van der Waals surface area contributed by atoms with E-state index in [9.17, 15) is 8.78 Å². The summed E-state index contributed by atoms with van der Waals surface area (Å²) >= 11 is 0. The van der Waals surface area contributed by atoms with Gasteiger partial charge in [0.1, 0.15) is 0 Å². The summed E-state index contributed by atoms with van der Waals surface area (Å²) < 4.78 is 26.7. The molecule has 1 aliphatic rings. The van der Waals surface area contributed by atoms with Crippen LogP contribution in [0.1, 0.15) is 6.42 Å². The van der Waals surface area contributed by atoms with Crippen LogP contribution in [0.4, 0.5) is 20.4 Å². The topological polar surface area (TPSA) is 74.4 Å². The number of hydrogen-bond acceptors (Lipinski definition) is 5. The van der Waals surface area contributed by atoms with E-state index in [-0.39, 0.29) is 24.2 Å². The Morgan fingerprint density at radius 2 is 2.29 bits per heavy atom. The first-order chi connectivity index (χ1) is 8.15. The van der Waals surface area contributed by atoms with Gasteiger partial charge in [-0.05, 0) is 6.42 Å². The molecule has 0 spiro atoms. The van der Waals surface area contributed by atoms with Gasteiger partial charge in [0.05, 0.1) is 0 Å². The largest absolute Gasteiger partial charge is 0.396 e. The fourth-order valence-corrected chi connectivity index (χ4v) is 1.95. The molecule has 2 heterocycles. The Labute approximate surface area is 97.2 Å². The monoisotopic (exact) mass is 244 g/mol. The van der Waals surface area contributed by atoms with Crippen LogP contribution in [0.15, 0.2) is 6.07 Å². The molecule has 1 aromatic heterocycles. The van der Waals surface area contributed by atoms with Crippen molar-refractivity contribution in [3.63, 3.8) is 0 Å². The van der Waals surface area contributed by atoms with Gasteiger partial charge in [-0.25, -0.2) is 19.6 Å². The number of aliphatic hydroxyl groups excluding tert-OH is 1. The number of hydrogen-bond donors (Lipinski definition) is 3. The number of aromatic nitrogens is 1. The molecule has 1 unspecified atom stereocenters. The minimum absolute atomic E-state index is 0.0569. The van der Waals surface area contributed by atoms with Gasteiger partial charge in [-0.1, -0.05) is 0 Å². The van der Waals surface area contributed by atoms with E-state index in [1.165, 1.54) is 0 Å². The van der Waals surface area contributed by atoms with Crippen LogP contribution >= 0.6 is 0 Å². The lowest BCUT2D eigenvalue weighted by Crippen LogP contribution is -2.24. The number of halogens is 2. The molecule has 1 aliphatic heterocycles. The third-order valence-electron chi connectivity index (χ3n) is 2.89. The Morgan fingerprint density at radius 1 is 1.53 bits per heavy atom. The van der Waals surface area contributed by atoms with Gasteiger partial charge in [0.2, 0.25) is 0 Å². The normalized spacial score (nSPS) is 19.8. The lowest BCUT2D eigenvalue weighted by Gasteiger charge is -2.18. The molecule has 0 aromatic carbocycles. The number of aliphatic hydroxyl groups is 1. The Bertz CT molecular complexity index is 416. The van der Waals surface area contributed by atoms with Gasteiger partial charge in [0, 0.05) is 31.7 Å². The maximum absolute atomic E-state index is 13.6. The van der Waals surface area contributed by atoms with Crippen molar-refractivity contribution in [3.8, 4) is 0 Å². The van der Waals surface area contributed by atoms with Crippen molar-refractivity contribution in [2.75, 3.05) is 30.0 Å². The number of nitrogens with two attached hydrogens (primary N) is 1. The summed E-state index contributed by atoms with van der Waals surface area (Å²) in [6, 6.07) is 0.754. The van der Waals surface area contributed by atoms with Gasteiger partial charge >= 0.3 is 0 Å².